The largest absolute Gasteiger partial charge is 0.323 e. The summed E-state index contributed by atoms with van der Waals surface area (Å²) in [6.07, 6.45) is 1.99. The van der Waals surface area contributed by atoms with Crippen LogP contribution in [0.1, 0.15) is 28.4 Å². The number of anilines is 1. The highest BCUT2D eigenvalue weighted by Gasteiger charge is 2.33. The average molecular weight is 429 g/mol. The third kappa shape index (κ3) is 3.43. The van der Waals surface area contributed by atoms with Crippen LogP contribution in [0.5, 0.6) is 0 Å². The zero-order valence-electron chi connectivity index (χ0n) is 17.4. The smallest absolute Gasteiger partial charge is 0.318 e. The van der Waals surface area contributed by atoms with Crippen molar-refractivity contribution in [1.82, 2.24) is 9.47 Å². The Kier molecular flexibility index (Phi) is 4.98. The number of carbonyl (C=O) groups is 1. The summed E-state index contributed by atoms with van der Waals surface area (Å²) in [6.45, 7) is 2.34. The summed E-state index contributed by atoms with van der Waals surface area (Å²) in [5.41, 5.74) is 4.86. The Hall–Kier alpha value is -3.93. The van der Waals surface area contributed by atoms with Crippen LogP contribution in [0, 0.1) is 18.6 Å². The van der Waals surface area contributed by atoms with E-state index in [1.54, 1.807) is 4.90 Å². The van der Waals surface area contributed by atoms with Crippen LogP contribution in [0.25, 0.3) is 5.69 Å². The fourth-order valence-corrected chi connectivity index (χ4v) is 4.34. The number of aryl methyl sites for hydroxylation is 1. The molecule has 4 nitrogen and oxygen atoms in total. The number of amides is 2. The zero-order valence-corrected chi connectivity index (χ0v) is 17.4. The Morgan fingerprint density at radius 2 is 1.75 bits per heavy atom. The van der Waals surface area contributed by atoms with Gasteiger partial charge >= 0.3 is 6.03 Å². The number of fused-ring (bicyclic) bond motifs is 3. The molecule has 0 bridgehead atoms. The third-order valence-electron chi connectivity index (χ3n) is 5.88. The van der Waals surface area contributed by atoms with Crippen molar-refractivity contribution in [3.63, 3.8) is 0 Å². The molecule has 1 aliphatic rings. The van der Waals surface area contributed by atoms with E-state index in [2.05, 4.69) is 9.88 Å². The Morgan fingerprint density at radius 1 is 0.969 bits per heavy atom. The highest BCUT2D eigenvalue weighted by Crippen LogP contribution is 2.38. The number of nitrogens with zero attached hydrogens (tertiary/aromatic N) is 2. The summed E-state index contributed by atoms with van der Waals surface area (Å²) in [4.78, 5) is 15.2. The van der Waals surface area contributed by atoms with E-state index in [1.165, 1.54) is 6.07 Å². The van der Waals surface area contributed by atoms with Gasteiger partial charge in [-0.2, -0.15) is 0 Å². The first kappa shape index (κ1) is 20.0. The van der Waals surface area contributed by atoms with Gasteiger partial charge in [-0.05, 0) is 53.9 Å². The van der Waals surface area contributed by atoms with E-state index in [0.717, 1.165) is 40.2 Å². The standard InChI is InChI=1S/C26H21F2N3O/c1-17-7-2-4-9-20(17)25-24-11-6-14-30(24)23-10-5-3-8-18(23)16-31(25)26(32)29-22-13-12-19(27)15-21(22)28/h2-15,25H,16H2,1H3,(H,29,32). The molecule has 32 heavy (non-hydrogen) atoms. The van der Waals surface area contributed by atoms with Crippen molar-refractivity contribution in [3.05, 3.63) is 119 Å². The molecular weight excluding hydrogens is 408 g/mol. The lowest BCUT2D eigenvalue weighted by atomic mass is 9.97. The number of nitrogens with one attached hydrogen (secondary N) is 1. The second-order valence-electron chi connectivity index (χ2n) is 7.87. The van der Waals surface area contributed by atoms with E-state index in [9.17, 15) is 13.6 Å². The van der Waals surface area contributed by atoms with Crippen LogP contribution in [-0.4, -0.2) is 15.5 Å². The van der Waals surface area contributed by atoms with E-state index in [1.807, 2.05) is 73.8 Å². The fraction of sp³-hybridized carbons (Fsp3) is 0.115. The molecule has 1 N–H and O–H groups in total. The SMILES string of the molecule is Cc1ccccc1C1c2cccn2-c2ccccc2CN1C(=O)Nc1ccc(F)cc1F. The number of carbonyl (C=O) groups excluding carboxylic acids is 1. The molecule has 0 spiro atoms. The Labute approximate surface area is 184 Å². The first-order chi connectivity index (χ1) is 15.5. The van der Waals surface area contributed by atoms with Gasteiger partial charge in [0, 0.05) is 18.0 Å². The van der Waals surface area contributed by atoms with Crippen LogP contribution in [-0.2, 0) is 6.54 Å². The minimum atomic E-state index is -0.815. The predicted molar refractivity (Wildman–Crippen MR) is 120 cm³/mol. The first-order valence-corrected chi connectivity index (χ1v) is 10.4. The Morgan fingerprint density at radius 3 is 2.56 bits per heavy atom. The van der Waals surface area contributed by atoms with Gasteiger partial charge in [0.25, 0.3) is 0 Å². The average Bonchev–Trinajstić information content (AvgIpc) is 3.21. The molecule has 0 radical (unpaired) electrons. The van der Waals surface area contributed by atoms with Crippen LogP contribution in [0.4, 0.5) is 19.3 Å². The van der Waals surface area contributed by atoms with E-state index < -0.39 is 23.7 Å². The molecule has 5 rings (SSSR count). The molecule has 6 heteroatoms. The molecule has 4 aromatic rings. The van der Waals surface area contributed by atoms with Crippen LogP contribution < -0.4 is 5.32 Å². The maximum atomic E-state index is 14.3. The van der Waals surface area contributed by atoms with Crippen molar-refractivity contribution >= 4 is 11.7 Å². The Bertz CT molecular complexity index is 1310. The molecule has 1 unspecified atom stereocenters. The van der Waals surface area contributed by atoms with Crippen LogP contribution in [0.3, 0.4) is 0 Å². The van der Waals surface area contributed by atoms with Gasteiger partial charge < -0.3 is 14.8 Å². The number of halogens is 2. The monoisotopic (exact) mass is 429 g/mol. The Balaban J connectivity index is 1.65. The second kappa shape index (κ2) is 7.96. The second-order valence-corrected chi connectivity index (χ2v) is 7.87. The van der Waals surface area contributed by atoms with Crippen molar-refractivity contribution in [1.29, 1.82) is 0 Å². The summed E-state index contributed by atoms with van der Waals surface area (Å²) in [5, 5.41) is 2.64. The highest BCUT2D eigenvalue weighted by molar-refractivity contribution is 5.90. The number of para-hydroxylation sites is 1. The van der Waals surface area contributed by atoms with E-state index >= 15 is 0 Å². The summed E-state index contributed by atoms with van der Waals surface area (Å²) >= 11 is 0. The number of benzene rings is 3. The van der Waals surface area contributed by atoms with Crippen molar-refractivity contribution in [2.75, 3.05) is 5.32 Å². The summed E-state index contributed by atoms with van der Waals surface area (Å²) < 4.78 is 29.7. The number of rotatable bonds is 2. The summed E-state index contributed by atoms with van der Waals surface area (Å²) in [5.74, 6) is -1.51. The lowest BCUT2D eigenvalue weighted by Gasteiger charge is -2.32. The lowest BCUT2D eigenvalue weighted by Crippen LogP contribution is -2.38. The fourth-order valence-electron chi connectivity index (χ4n) is 4.34. The molecule has 0 fully saturated rings. The number of aromatic nitrogens is 1. The molecule has 2 amide bonds. The van der Waals surface area contributed by atoms with Gasteiger partial charge in [-0.25, -0.2) is 13.6 Å². The molecule has 0 saturated carbocycles. The molecular formula is C26H21F2N3O. The van der Waals surface area contributed by atoms with Gasteiger partial charge in [-0.15, -0.1) is 0 Å². The van der Waals surface area contributed by atoms with Crippen LogP contribution in [0.15, 0.2) is 85.1 Å². The van der Waals surface area contributed by atoms with Gasteiger partial charge in [-0.3, -0.25) is 0 Å². The maximum Gasteiger partial charge on any atom is 0.323 e. The van der Waals surface area contributed by atoms with Gasteiger partial charge in [0.2, 0.25) is 0 Å². The number of hydrogen-bond donors (Lipinski definition) is 1. The van der Waals surface area contributed by atoms with E-state index in [-0.39, 0.29) is 5.69 Å². The topological polar surface area (TPSA) is 37.3 Å². The number of urea groups is 1. The molecule has 1 atom stereocenters. The van der Waals surface area contributed by atoms with Crippen molar-refractivity contribution < 1.29 is 13.6 Å². The number of hydrogen-bond acceptors (Lipinski definition) is 1. The molecule has 2 heterocycles. The highest BCUT2D eigenvalue weighted by atomic mass is 19.1. The van der Waals surface area contributed by atoms with Crippen LogP contribution >= 0.6 is 0 Å². The van der Waals surface area contributed by atoms with E-state index in [0.29, 0.717) is 6.54 Å². The minimum Gasteiger partial charge on any atom is -0.318 e. The van der Waals surface area contributed by atoms with E-state index in [4.69, 9.17) is 0 Å². The minimum absolute atomic E-state index is 0.0622. The third-order valence-corrected chi connectivity index (χ3v) is 5.88. The zero-order chi connectivity index (χ0) is 22.2. The molecule has 160 valence electrons. The normalized spacial score (nSPS) is 15.0. The first-order valence-electron chi connectivity index (χ1n) is 10.4. The lowest BCUT2D eigenvalue weighted by molar-refractivity contribution is 0.194. The van der Waals surface area contributed by atoms with Crippen molar-refractivity contribution in [3.8, 4) is 5.69 Å². The quantitative estimate of drug-likeness (QED) is 0.405. The molecule has 3 aromatic carbocycles. The summed E-state index contributed by atoms with van der Waals surface area (Å²) in [7, 11) is 0. The van der Waals surface area contributed by atoms with Gasteiger partial charge in [0.05, 0.1) is 17.9 Å². The van der Waals surface area contributed by atoms with Gasteiger partial charge in [0.15, 0.2) is 0 Å². The molecule has 1 aromatic heterocycles. The molecule has 0 saturated heterocycles. The maximum absolute atomic E-state index is 14.3. The molecule has 0 aliphatic carbocycles. The van der Waals surface area contributed by atoms with Gasteiger partial charge in [-0.1, -0.05) is 42.5 Å². The molecule has 1 aliphatic heterocycles. The van der Waals surface area contributed by atoms with Crippen LogP contribution in [0.2, 0.25) is 0 Å². The predicted octanol–water partition coefficient (Wildman–Crippen LogP) is 6.20. The van der Waals surface area contributed by atoms with Crippen molar-refractivity contribution in [2.45, 2.75) is 19.5 Å². The van der Waals surface area contributed by atoms with Crippen molar-refractivity contribution in [2.24, 2.45) is 0 Å². The summed E-state index contributed by atoms with van der Waals surface area (Å²) in [6, 6.07) is 22.0. The van der Waals surface area contributed by atoms with Gasteiger partial charge in [0.1, 0.15) is 17.7 Å².